The zero-order valence-electron chi connectivity index (χ0n) is 12.8. The quantitative estimate of drug-likeness (QED) is 0.768. The first-order valence-electron chi connectivity index (χ1n) is 7.18. The monoisotopic (exact) mass is 367 g/mol. The number of thioether (sulfide) groups is 1. The second-order valence-electron chi connectivity index (χ2n) is 5.47. The second kappa shape index (κ2) is 7.14. The lowest BCUT2D eigenvalue weighted by atomic mass is 10.0. The normalized spacial score (nSPS) is 24.8. The van der Waals surface area contributed by atoms with Crippen LogP contribution in [0, 0.1) is 0 Å². The summed E-state index contributed by atoms with van der Waals surface area (Å²) in [6.07, 6.45) is -3.52. The van der Waals surface area contributed by atoms with Crippen LogP contribution in [0.25, 0.3) is 0 Å². The molecule has 134 valence electrons. The van der Waals surface area contributed by atoms with E-state index in [1.807, 2.05) is 0 Å². The molecule has 2 aliphatic heterocycles. The molecule has 1 saturated heterocycles. The van der Waals surface area contributed by atoms with Gasteiger partial charge in [0, 0.05) is 24.3 Å². The molecule has 0 aromatic rings. The topological polar surface area (TPSA) is 83.9 Å². The first-order valence-corrected chi connectivity index (χ1v) is 8.47. The van der Waals surface area contributed by atoms with Gasteiger partial charge in [-0.3, -0.25) is 14.4 Å². The van der Waals surface area contributed by atoms with Gasteiger partial charge in [0.2, 0.25) is 0 Å². The van der Waals surface area contributed by atoms with Crippen LogP contribution >= 0.6 is 11.8 Å². The largest absolute Gasteiger partial charge is 0.481 e. The van der Waals surface area contributed by atoms with Gasteiger partial charge in [0.15, 0.2) is 0 Å². The van der Waals surface area contributed by atoms with E-state index in [0.29, 0.717) is 13.0 Å². The number of carboxylic acid groups (broad SMARTS) is 1. The molecule has 0 aliphatic carbocycles. The summed E-state index contributed by atoms with van der Waals surface area (Å²) in [7, 11) is 0. The lowest BCUT2D eigenvalue weighted by Gasteiger charge is -2.27. The summed E-state index contributed by atoms with van der Waals surface area (Å²) in [4.78, 5) is 36.3. The Kier molecular flexibility index (Phi) is 5.59. The van der Waals surface area contributed by atoms with Gasteiger partial charge in [0.1, 0.15) is 5.37 Å². The Morgan fingerprint density at radius 3 is 2.54 bits per heavy atom. The van der Waals surface area contributed by atoms with Crippen LogP contribution in [0.2, 0.25) is 0 Å². The van der Waals surface area contributed by atoms with Gasteiger partial charge in [-0.15, -0.1) is 11.8 Å². The third-order valence-corrected chi connectivity index (χ3v) is 4.79. The van der Waals surface area contributed by atoms with Crippen LogP contribution in [0.5, 0.6) is 0 Å². The van der Waals surface area contributed by atoms with Crippen molar-refractivity contribution in [3.8, 4) is 0 Å². The number of amides is 1. The molecule has 0 bridgehead atoms. The van der Waals surface area contributed by atoms with Gasteiger partial charge < -0.3 is 14.7 Å². The first-order chi connectivity index (χ1) is 11.2. The highest BCUT2D eigenvalue weighted by atomic mass is 32.2. The van der Waals surface area contributed by atoms with E-state index >= 15 is 0 Å². The zero-order chi connectivity index (χ0) is 18.1. The van der Waals surface area contributed by atoms with E-state index in [0.717, 1.165) is 23.1 Å². The average Bonchev–Trinajstić information content (AvgIpc) is 3.07. The molecule has 10 heteroatoms. The number of halogens is 3. The Labute approximate surface area is 140 Å². The van der Waals surface area contributed by atoms with Gasteiger partial charge in [0.25, 0.3) is 11.7 Å². The minimum atomic E-state index is -5.17. The maximum Gasteiger partial charge on any atom is 0.454 e. The van der Waals surface area contributed by atoms with Crippen molar-refractivity contribution in [2.24, 2.45) is 0 Å². The number of hydrogen-bond acceptors (Lipinski definition) is 5. The van der Waals surface area contributed by atoms with Crippen molar-refractivity contribution in [2.75, 3.05) is 19.4 Å². The van der Waals surface area contributed by atoms with Crippen molar-refractivity contribution in [2.45, 2.75) is 36.9 Å². The summed E-state index contributed by atoms with van der Waals surface area (Å²) in [5.74, 6) is -4.48. The van der Waals surface area contributed by atoms with E-state index < -0.39 is 46.8 Å². The number of rotatable bonds is 6. The Morgan fingerprint density at radius 1 is 1.42 bits per heavy atom. The van der Waals surface area contributed by atoms with Crippen molar-refractivity contribution < 1.29 is 37.4 Å². The minimum absolute atomic E-state index is 0.0299. The van der Waals surface area contributed by atoms with Crippen molar-refractivity contribution >= 4 is 29.4 Å². The number of alkyl halides is 3. The average molecular weight is 367 g/mol. The molecule has 1 N–H and O–H groups in total. The molecule has 2 aliphatic rings. The Balaban J connectivity index is 2.38. The molecule has 2 unspecified atom stereocenters. The van der Waals surface area contributed by atoms with Crippen molar-refractivity contribution in [3.05, 3.63) is 11.1 Å². The molecule has 6 nitrogen and oxygen atoms in total. The fourth-order valence-electron chi connectivity index (χ4n) is 2.86. The number of ketones is 1. The molecule has 2 atom stereocenters. The molecule has 0 spiro atoms. The molecule has 0 saturated carbocycles. The first kappa shape index (κ1) is 18.8. The third-order valence-electron chi connectivity index (χ3n) is 3.85. The van der Waals surface area contributed by atoms with Crippen LogP contribution < -0.4 is 0 Å². The number of Topliss-reactive ketones (excluding diaryl/α,β-unsaturated/α-hetero) is 1. The van der Waals surface area contributed by atoms with Gasteiger partial charge in [-0.2, -0.15) is 13.2 Å². The second-order valence-corrected chi connectivity index (χ2v) is 6.39. The van der Waals surface area contributed by atoms with Crippen LogP contribution in [0.3, 0.4) is 0 Å². The highest BCUT2D eigenvalue weighted by molar-refractivity contribution is 7.99. The van der Waals surface area contributed by atoms with Gasteiger partial charge in [-0.1, -0.05) is 0 Å². The highest BCUT2D eigenvalue weighted by Crippen LogP contribution is 2.38. The number of nitrogens with zero attached hydrogens (tertiary/aromatic N) is 1. The Morgan fingerprint density at radius 2 is 2.08 bits per heavy atom. The van der Waals surface area contributed by atoms with Crippen molar-refractivity contribution in [3.63, 3.8) is 0 Å². The van der Waals surface area contributed by atoms with E-state index in [4.69, 9.17) is 9.84 Å². The molecule has 2 rings (SSSR count). The van der Waals surface area contributed by atoms with E-state index in [1.54, 1.807) is 0 Å². The number of carboxylic acids is 1. The Bertz CT molecular complexity index is 583. The fraction of sp³-hybridized carbons (Fsp3) is 0.643. The molecular weight excluding hydrogens is 351 g/mol. The molecular formula is C14H16F3NO5S. The van der Waals surface area contributed by atoms with E-state index in [-0.39, 0.29) is 12.6 Å². The van der Waals surface area contributed by atoms with Crippen LogP contribution in [0.4, 0.5) is 13.2 Å². The molecule has 0 aromatic carbocycles. The number of hydrogen-bond donors (Lipinski definition) is 1. The van der Waals surface area contributed by atoms with Gasteiger partial charge in [0.05, 0.1) is 12.5 Å². The number of ether oxygens (including phenoxy) is 1. The predicted octanol–water partition coefficient (Wildman–Crippen LogP) is 1.60. The van der Waals surface area contributed by atoms with E-state index in [2.05, 4.69) is 0 Å². The molecule has 0 radical (unpaired) electrons. The molecule has 24 heavy (non-hydrogen) atoms. The number of aliphatic carboxylic acids is 1. The smallest absolute Gasteiger partial charge is 0.454 e. The Hall–Kier alpha value is -1.55. The van der Waals surface area contributed by atoms with E-state index in [9.17, 15) is 27.6 Å². The zero-order valence-corrected chi connectivity index (χ0v) is 13.6. The summed E-state index contributed by atoms with van der Waals surface area (Å²) < 4.78 is 44.0. The van der Waals surface area contributed by atoms with E-state index in [1.165, 1.54) is 6.26 Å². The van der Waals surface area contributed by atoms with Crippen molar-refractivity contribution in [1.82, 2.24) is 4.90 Å². The number of carbonyl (C=O) groups is 3. The molecule has 2 heterocycles. The summed E-state index contributed by atoms with van der Waals surface area (Å²) in [6.45, 7) is 0.530. The third kappa shape index (κ3) is 3.75. The molecule has 1 fully saturated rings. The molecule has 1 amide bonds. The molecule has 0 aromatic heterocycles. The summed E-state index contributed by atoms with van der Waals surface area (Å²) in [6, 6.07) is 0. The van der Waals surface area contributed by atoms with Crippen LogP contribution in [0.15, 0.2) is 11.1 Å². The van der Waals surface area contributed by atoms with Gasteiger partial charge in [-0.25, -0.2) is 0 Å². The van der Waals surface area contributed by atoms with Crippen LogP contribution in [-0.4, -0.2) is 64.7 Å². The van der Waals surface area contributed by atoms with Crippen molar-refractivity contribution in [1.29, 1.82) is 0 Å². The minimum Gasteiger partial charge on any atom is -0.481 e. The lowest BCUT2D eigenvalue weighted by Crippen LogP contribution is -2.41. The fourth-order valence-corrected chi connectivity index (χ4v) is 3.78. The van der Waals surface area contributed by atoms with Gasteiger partial charge >= 0.3 is 12.1 Å². The maximum absolute atomic E-state index is 12.9. The summed E-state index contributed by atoms with van der Waals surface area (Å²) in [5, 5.41) is 7.73. The standard InChI is InChI=1S/C14H16F3NO5S/c1-24-13-10(11(21)14(15,16)17)8(5-9(19)20)12(22)18(13)6-7-3-2-4-23-7/h7,13H,2-6H2,1H3,(H,19,20). The maximum atomic E-state index is 12.9. The SMILES string of the molecule is CSC1C(C(=O)C(F)(F)F)=C(CC(=O)O)C(=O)N1CC1CCCO1. The lowest BCUT2D eigenvalue weighted by molar-refractivity contribution is -0.166. The van der Waals surface area contributed by atoms with Crippen LogP contribution in [0.1, 0.15) is 19.3 Å². The van der Waals surface area contributed by atoms with Gasteiger partial charge in [-0.05, 0) is 19.1 Å². The van der Waals surface area contributed by atoms with Crippen LogP contribution in [-0.2, 0) is 19.1 Å². The predicted molar refractivity (Wildman–Crippen MR) is 78.3 cm³/mol. The summed E-state index contributed by atoms with van der Waals surface area (Å²) >= 11 is 0.889. The number of carbonyl (C=O) groups excluding carboxylic acids is 2. The summed E-state index contributed by atoms with van der Waals surface area (Å²) in [5.41, 5.74) is -1.37. The highest BCUT2D eigenvalue weighted by Gasteiger charge is 2.51.